The highest BCUT2D eigenvalue weighted by Gasteiger charge is 2.50. The van der Waals surface area contributed by atoms with Crippen LogP contribution in [0.1, 0.15) is 73.8 Å². The number of esters is 5. The molecule has 1 aromatic heterocycles. The van der Waals surface area contributed by atoms with E-state index in [1.165, 1.54) is 21.3 Å². The molecule has 2 heterocycles. The molecule has 0 aliphatic carbocycles. The van der Waals surface area contributed by atoms with Gasteiger partial charge in [0.2, 0.25) is 5.91 Å². The van der Waals surface area contributed by atoms with Gasteiger partial charge < -0.3 is 28.7 Å². The number of ether oxygens (including phenoxy) is 5. The summed E-state index contributed by atoms with van der Waals surface area (Å²) in [4.78, 5) is 90.2. The van der Waals surface area contributed by atoms with Crippen LogP contribution in [0.5, 0.6) is 0 Å². The Labute approximate surface area is 248 Å². The fourth-order valence-corrected chi connectivity index (χ4v) is 5.14. The highest BCUT2D eigenvalue weighted by atomic mass is 16.6. The second-order valence-corrected chi connectivity index (χ2v) is 11.0. The van der Waals surface area contributed by atoms with Gasteiger partial charge in [-0.3, -0.25) is 24.0 Å². The summed E-state index contributed by atoms with van der Waals surface area (Å²) < 4.78 is 24.6. The van der Waals surface area contributed by atoms with Crippen molar-refractivity contribution >= 4 is 35.8 Å². The van der Waals surface area contributed by atoms with Crippen LogP contribution in [-0.4, -0.2) is 85.8 Å². The third kappa shape index (κ3) is 9.09. The van der Waals surface area contributed by atoms with E-state index in [1.807, 2.05) is 0 Å². The molecule has 1 amide bonds. The predicted octanol–water partition coefficient (Wildman–Crippen LogP) is 1.97. The van der Waals surface area contributed by atoms with Crippen molar-refractivity contribution in [3.63, 3.8) is 0 Å². The fourth-order valence-electron chi connectivity index (χ4n) is 5.14. The molecule has 43 heavy (non-hydrogen) atoms. The molecule has 3 atom stereocenters. The molecule has 1 N–H and O–H groups in total. The minimum atomic E-state index is -1.04. The second kappa shape index (κ2) is 15.3. The number of aromatic amines is 1. The number of nitroso groups, excluding NO2 is 1. The Hall–Kier alpha value is -4.30. The van der Waals surface area contributed by atoms with E-state index in [9.17, 15) is 33.7 Å². The standard InChI is InChI=1S/C28H39N3O12/c1-28(2,3)43-27(37)25-16(9-11-22(33)40-5)17(12-23(34)41-6)19(29-25)14-20-15(8-10-21(32)39-4)18(13-24(35)42-7)26(36)31(20)30-38/h15,18,20,29H,8-14H2,1-7H3. The van der Waals surface area contributed by atoms with Gasteiger partial charge in [0, 0.05) is 25.0 Å². The number of nitrogens with zero attached hydrogens (tertiary/aromatic N) is 2. The van der Waals surface area contributed by atoms with Gasteiger partial charge in [-0.1, -0.05) is 0 Å². The van der Waals surface area contributed by atoms with Crippen molar-refractivity contribution in [1.29, 1.82) is 0 Å². The van der Waals surface area contributed by atoms with E-state index in [0.717, 1.165) is 7.11 Å². The van der Waals surface area contributed by atoms with Gasteiger partial charge in [-0.2, -0.15) is 5.01 Å². The second-order valence-electron chi connectivity index (χ2n) is 11.0. The van der Waals surface area contributed by atoms with E-state index < -0.39 is 59.2 Å². The van der Waals surface area contributed by atoms with Gasteiger partial charge in [0.1, 0.15) is 11.3 Å². The summed E-state index contributed by atoms with van der Waals surface area (Å²) >= 11 is 0. The molecule has 1 aromatic rings. The summed E-state index contributed by atoms with van der Waals surface area (Å²) in [7, 11) is 4.76. The first-order chi connectivity index (χ1) is 20.2. The summed E-state index contributed by atoms with van der Waals surface area (Å²) in [5, 5.41) is 3.63. The maximum atomic E-state index is 13.3. The molecule has 15 heteroatoms. The van der Waals surface area contributed by atoms with Crippen LogP contribution < -0.4 is 0 Å². The number of amides is 1. The van der Waals surface area contributed by atoms with Crippen LogP contribution in [0.25, 0.3) is 0 Å². The van der Waals surface area contributed by atoms with Crippen molar-refractivity contribution in [3.05, 3.63) is 27.4 Å². The van der Waals surface area contributed by atoms with Gasteiger partial charge >= 0.3 is 29.8 Å². The SMILES string of the molecule is COC(=O)CCc1c(C(=O)OC(C)(C)C)[nH]c(CC2C(CCC(=O)OC)C(CC(=O)OC)C(=O)N2N=O)c1CC(=O)OC. The molecule has 1 aliphatic heterocycles. The molecule has 1 fully saturated rings. The Balaban J connectivity index is 2.70. The molecular weight excluding hydrogens is 570 g/mol. The minimum Gasteiger partial charge on any atom is -0.469 e. The molecule has 0 aromatic carbocycles. The van der Waals surface area contributed by atoms with Crippen molar-refractivity contribution in [2.45, 2.75) is 77.4 Å². The Morgan fingerprint density at radius 1 is 0.860 bits per heavy atom. The smallest absolute Gasteiger partial charge is 0.355 e. The molecule has 0 radical (unpaired) electrons. The summed E-state index contributed by atoms with van der Waals surface area (Å²) in [6.07, 6.45) is -1.04. The van der Waals surface area contributed by atoms with Crippen molar-refractivity contribution in [2.24, 2.45) is 17.1 Å². The lowest BCUT2D eigenvalue weighted by Crippen LogP contribution is -2.33. The zero-order valence-electron chi connectivity index (χ0n) is 25.5. The largest absolute Gasteiger partial charge is 0.469 e. The number of aromatic nitrogens is 1. The van der Waals surface area contributed by atoms with E-state index in [1.54, 1.807) is 20.8 Å². The molecule has 238 valence electrons. The summed E-state index contributed by atoms with van der Waals surface area (Å²) in [6, 6.07) is -0.987. The lowest BCUT2D eigenvalue weighted by molar-refractivity contribution is -0.145. The van der Waals surface area contributed by atoms with Crippen LogP contribution in [0.3, 0.4) is 0 Å². The molecule has 0 bridgehead atoms. The van der Waals surface area contributed by atoms with Gasteiger partial charge in [-0.15, -0.1) is 4.91 Å². The molecule has 3 unspecified atom stereocenters. The topological polar surface area (TPSA) is 197 Å². The van der Waals surface area contributed by atoms with Crippen LogP contribution in [0.15, 0.2) is 5.29 Å². The Kier molecular flexibility index (Phi) is 12.4. The van der Waals surface area contributed by atoms with Crippen molar-refractivity contribution < 1.29 is 52.5 Å². The minimum absolute atomic E-state index is 0.0138. The van der Waals surface area contributed by atoms with Gasteiger partial charge in [0.25, 0.3) is 0 Å². The predicted molar refractivity (Wildman–Crippen MR) is 147 cm³/mol. The first-order valence-electron chi connectivity index (χ1n) is 13.6. The van der Waals surface area contributed by atoms with Crippen molar-refractivity contribution in [3.8, 4) is 0 Å². The van der Waals surface area contributed by atoms with Crippen LogP contribution in [0.2, 0.25) is 0 Å². The monoisotopic (exact) mass is 609 g/mol. The fraction of sp³-hybridized carbons (Fsp3) is 0.643. The summed E-state index contributed by atoms with van der Waals surface area (Å²) in [6.45, 7) is 5.01. The van der Waals surface area contributed by atoms with Crippen molar-refractivity contribution in [1.82, 2.24) is 9.99 Å². The van der Waals surface area contributed by atoms with Crippen molar-refractivity contribution in [2.75, 3.05) is 28.4 Å². The molecule has 2 rings (SSSR count). The lowest BCUT2D eigenvalue weighted by Gasteiger charge is -2.24. The number of H-pyrrole nitrogens is 1. The zero-order valence-corrected chi connectivity index (χ0v) is 25.5. The first kappa shape index (κ1) is 34.9. The highest BCUT2D eigenvalue weighted by Crippen LogP contribution is 2.40. The normalized spacial score (nSPS) is 18.2. The average molecular weight is 610 g/mol. The highest BCUT2D eigenvalue weighted by molar-refractivity contribution is 5.91. The number of carbonyl (C=O) groups excluding carboxylic acids is 6. The molecule has 15 nitrogen and oxygen atoms in total. The Morgan fingerprint density at radius 3 is 1.98 bits per heavy atom. The number of hydrogen-bond donors (Lipinski definition) is 1. The maximum absolute atomic E-state index is 13.3. The molecule has 0 spiro atoms. The maximum Gasteiger partial charge on any atom is 0.355 e. The van der Waals surface area contributed by atoms with E-state index in [2.05, 4.69) is 10.3 Å². The number of hydrogen-bond acceptors (Lipinski definition) is 13. The van der Waals surface area contributed by atoms with Gasteiger partial charge in [-0.25, -0.2) is 4.79 Å². The summed E-state index contributed by atoms with van der Waals surface area (Å²) in [5.41, 5.74) is -0.0368. The van der Waals surface area contributed by atoms with E-state index in [-0.39, 0.29) is 56.3 Å². The van der Waals surface area contributed by atoms with Gasteiger partial charge in [-0.05, 0) is 50.7 Å². The molecule has 1 aliphatic rings. The van der Waals surface area contributed by atoms with Crippen LogP contribution in [0, 0.1) is 16.7 Å². The third-order valence-electron chi connectivity index (χ3n) is 7.16. The summed E-state index contributed by atoms with van der Waals surface area (Å²) in [5.74, 6) is -5.77. The lowest BCUT2D eigenvalue weighted by atomic mass is 9.82. The molecule has 0 saturated carbocycles. The number of carbonyl (C=O) groups is 6. The number of nitrogens with one attached hydrogen (secondary N) is 1. The van der Waals surface area contributed by atoms with E-state index >= 15 is 0 Å². The van der Waals surface area contributed by atoms with Gasteiger partial charge in [0.05, 0.1) is 58.5 Å². The molecular formula is C28H39N3O12. The quantitative estimate of drug-likeness (QED) is 0.183. The van der Waals surface area contributed by atoms with Gasteiger partial charge in [0.15, 0.2) is 0 Å². The Bertz CT molecular complexity index is 1230. The number of rotatable bonds is 14. The van der Waals surface area contributed by atoms with Crippen LogP contribution in [0.4, 0.5) is 0 Å². The number of methoxy groups -OCH3 is 4. The third-order valence-corrected chi connectivity index (χ3v) is 7.16. The van der Waals surface area contributed by atoms with Crippen LogP contribution in [-0.2, 0) is 66.9 Å². The van der Waals surface area contributed by atoms with E-state index in [4.69, 9.17) is 23.7 Å². The zero-order chi connectivity index (χ0) is 32.5. The molecule has 1 saturated heterocycles. The van der Waals surface area contributed by atoms with E-state index in [0.29, 0.717) is 16.1 Å². The average Bonchev–Trinajstić information content (AvgIpc) is 3.42. The Morgan fingerprint density at radius 2 is 1.44 bits per heavy atom. The van der Waals surface area contributed by atoms with Crippen LogP contribution >= 0.6 is 0 Å². The first-order valence-corrected chi connectivity index (χ1v) is 13.6.